The zero-order valence-corrected chi connectivity index (χ0v) is 21.1. The molecule has 4 N–H and O–H groups in total. The predicted octanol–water partition coefficient (Wildman–Crippen LogP) is -0.631. The Morgan fingerprint density at radius 3 is 2.62 bits per heavy atom. The van der Waals surface area contributed by atoms with Crippen LogP contribution in [0.2, 0.25) is 0 Å². The van der Waals surface area contributed by atoms with Gasteiger partial charge in [-0.25, -0.2) is 14.6 Å². The molecule has 0 radical (unpaired) electrons. The molecule has 14 nitrogen and oxygen atoms in total. The summed E-state index contributed by atoms with van der Waals surface area (Å²) in [7, 11) is -0.182. The first-order valence-electron chi connectivity index (χ1n) is 12.1. The van der Waals surface area contributed by atoms with Gasteiger partial charge in [0.1, 0.15) is 11.8 Å². The van der Waals surface area contributed by atoms with E-state index in [4.69, 9.17) is 9.39 Å². The molecule has 1 fully saturated rings. The van der Waals surface area contributed by atoms with Crippen molar-refractivity contribution in [3.8, 4) is 11.6 Å². The lowest BCUT2D eigenvalue weighted by Gasteiger charge is -2.33. The monoisotopic (exact) mass is 539 g/mol. The Labute approximate surface area is 223 Å². The highest BCUT2D eigenvalue weighted by Gasteiger charge is 2.41. The van der Waals surface area contributed by atoms with Gasteiger partial charge in [-0.1, -0.05) is 12.1 Å². The summed E-state index contributed by atoms with van der Waals surface area (Å²) >= 11 is 0. The minimum atomic E-state index is -1.59. The number of methoxy groups -OCH3 is 1. The number of urea groups is 1. The van der Waals surface area contributed by atoms with Crippen LogP contribution in [0, 0.1) is 0 Å². The molecule has 0 bridgehead atoms. The molecule has 5 amide bonds. The number of carbonyl (C=O) groups is 5. The van der Waals surface area contributed by atoms with E-state index in [1.54, 1.807) is 13.0 Å². The number of hydrogen-bond acceptors (Lipinski definition) is 9. The Kier molecular flexibility index (Phi) is 8.00. The molecule has 2 aliphatic rings. The molecule has 0 spiro atoms. The SMILES string of the molecule is CCN1CCN(C(=O)NC(C(=O)N[C@H]2Cc3cccc(C(=O)O)c3OB2O)c2ccc(OC)nc2)C(=O)C1=O. The summed E-state index contributed by atoms with van der Waals surface area (Å²) in [5, 5.41) is 25.0. The number of carboxylic acids is 1. The fourth-order valence-electron chi connectivity index (χ4n) is 4.34. The number of fused-ring (bicyclic) bond motifs is 1. The van der Waals surface area contributed by atoms with E-state index in [2.05, 4.69) is 15.6 Å². The number of para-hydroxylation sites is 1. The molecular formula is C24H26BN5O9. The van der Waals surface area contributed by atoms with Gasteiger partial charge in [-0.2, -0.15) is 0 Å². The van der Waals surface area contributed by atoms with Gasteiger partial charge in [0.15, 0.2) is 0 Å². The highest BCUT2D eigenvalue weighted by Crippen LogP contribution is 2.30. The maximum Gasteiger partial charge on any atom is 0.547 e. The number of carboxylic acid groups (broad SMARTS) is 1. The number of benzene rings is 1. The molecule has 2 aliphatic heterocycles. The number of hydrogen-bond donors (Lipinski definition) is 4. The Bertz CT molecular complexity index is 1310. The van der Waals surface area contributed by atoms with Gasteiger partial charge in [0.2, 0.25) is 11.8 Å². The van der Waals surface area contributed by atoms with Gasteiger partial charge in [0, 0.05) is 37.5 Å². The summed E-state index contributed by atoms with van der Waals surface area (Å²) < 4.78 is 10.5. The number of amides is 5. The third-order valence-corrected chi connectivity index (χ3v) is 6.44. The summed E-state index contributed by atoms with van der Waals surface area (Å²) in [5.41, 5.74) is 0.552. The Morgan fingerprint density at radius 2 is 1.97 bits per heavy atom. The molecule has 1 aromatic heterocycles. The van der Waals surface area contributed by atoms with Gasteiger partial charge in [-0.05, 0) is 31.0 Å². The number of ether oxygens (including phenoxy) is 1. The maximum absolute atomic E-state index is 13.4. The minimum absolute atomic E-state index is 0.00149. The molecule has 4 rings (SSSR count). The number of nitrogens with zero attached hydrogens (tertiary/aromatic N) is 3. The number of carbonyl (C=O) groups excluding carboxylic acids is 4. The number of aromatic nitrogens is 1. The first kappa shape index (κ1) is 27.4. The van der Waals surface area contributed by atoms with E-state index in [0.29, 0.717) is 12.1 Å². The largest absolute Gasteiger partial charge is 0.547 e. The molecule has 15 heteroatoms. The lowest BCUT2D eigenvalue weighted by molar-refractivity contribution is -0.153. The molecule has 39 heavy (non-hydrogen) atoms. The van der Waals surface area contributed by atoms with Gasteiger partial charge < -0.3 is 35.1 Å². The number of rotatable bonds is 7. The van der Waals surface area contributed by atoms with Crippen LogP contribution in [-0.2, 0) is 20.8 Å². The van der Waals surface area contributed by atoms with E-state index in [-0.39, 0.29) is 42.3 Å². The molecule has 3 heterocycles. The lowest BCUT2D eigenvalue weighted by atomic mass is 9.72. The molecule has 2 aromatic rings. The van der Waals surface area contributed by atoms with Crippen molar-refractivity contribution in [2.45, 2.75) is 25.3 Å². The summed E-state index contributed by atoms with van der Waals surface area (Å²) in [5.74, 6) is -4.60. The third-order valence-electron chi connectivity index (χ3n) is 6.44. The summed E-state index contributed by atoms with van der Waals surface area (Å²) in [4.78, 5) is 68.9. The van der Waals surface area contributed by atoms with E-state index in [1.807, 2.05) is 0 Å². The van der Waals surface area contributed by atoms with Crippen molar-refractivity contribution in [3.63, 3.8) is 0 Å². The van der Waals surface area contributed by atoms with Crippen molar-refractivity contribution in [2.75, 3.05) is 26.7 Å². The number of aromatic carboxylic acids is 1. The van der Waals surface area contributed by atoms with Gasteiger partial charge in [-0.15, -0.1) is 0 Å². The Hall–Kier alpha value is -4.66. The predicted molar refractivity (Wildman–Crippen MR) is 134 cm³/mol. The molecule has 204 valence electrons. The van der Waals surface area contributed by atoms with Gasteiger partial charge >= 0.3 is 30.9 Å². The van der Waals surface area contributed by atoms with E-state index in [0.717, 1.165) is 4.90 Å². The normalized spacial score (nSPS) is 17.6. The fourth-order valence-corrected chi connectivity index (χ4v) is 4.34. The number of nitrogens with one attached hydrogen (secondary N) is 2. The van der Waals surface area contributed by atoms with Crippen LogP contribution in [0.4, 0.5) is 4.79 Å². The molecular weight excluding hydrogens is 513 g/mol. The van der Waals surface area contributed by atoms with Gasteiger partial charge in [0.05, 0.1) is 18.6 Å². The van der Waals surface area contributed by atoms with Gasteiger partial charge in [-0.3, -0.25) is 19.3 Å². The average Bonchev–Trinajstić information content (AvgIpc) is 2.93. The van der Waals surface area contributed by atoms with E-state index < -0.39 is 48.8 Å². The summed E-state index contributed by atoms with van der Waals surface area (Å²) in [6, 6.07) is 5.07. The second-order valence-electron chi connectivity index (χ2n) is 8.78. The van der Waals surface area contributed by atoms with Crippen LogP contribution in [0.25, 0.3) is 0 Å². The quantitative estimate of drug-likeness (QED) is 0.261. The van der Waals surface area contributed by atoms with Crippen molar-refractivity contribution in [2.24, 2.45) is 0 Å². The average molecular weight is 539 g/mol. The molecule has 1 unspecified atom stereocenters. The second kappa shape index (κ2) is 11.4. The van der Waals surface area contributed by atoms with E-state index in [9.17, 15) is 34.1 Å². The zero-order chi connectivity index (χ0) is 28.3. The topological polar surface area (TPSA) is 188 Å². The first-order chi connectivity index (χ1) is 18.6. The maximum atomic E-state index is 13.4. The van der Waals surface area contributed by atoms with Crippen molar-refractivity contribution in [1.82, 2.24) is 25.4 Å². The molecule has 0 saturated carbocycles. The van der Waals surface area contributed by atoms with Crippen LogP contribution in [0.1, 0.15) is 34.5 Å². The van der Waals surface area contributed by atoms with Crippen LogP contribution in [0.3, 0.4) is 0 Å². The number of piperazine rings is 1. The number of pyridine rings is 1. The van der Waals surface area contributed by atoms with Gasteiger partial charge in [0.25, 0.3) is 0 Å². The third kappa shape index (κ3) is 5.62. The first-order valence-corrected chi connectivity index (χ1v) is 12.1. The van der Waals surface area contributed by atoms with Crippen molar-refractivity contribution < 1.29 is 43.5 Å². The van der Waals surface area contributed by atoms with Crippen LogP contribution in [-0.4, -0.2) is 94.4 Å². The molecule has 0 aliphatic carbocycles. The second-order valence-corrected chi connectivity index (χ2v) is 8.78. The smallest absolute Gasteiger partial charge is 0.534 e. The number of likely N-dealkylation sites (N-methyl/N-ethyl adjacent to an activating group) is 1. The zero-order valence-electron chi connectivity index (χ0n) is 21.1. The lowest BCUT2D eigenvalue weighted by Crippen LogP contribution is -2.60. The van der Waals surface area contributed by atoms with E-state index >= 15 is 0 Å². The highest BCUT2D eigenvalue weighted by atomic mass is 16.5. The minimum Gasteiger partial charge on any atom is -0.534 e. The van der Waals surface area contributed by atoms with Crippen molar-refractivity contribution in [1.29, 1.82) is 0 Å². The fraction of sp³-hybridized carbons (Fsp3) is 0.333. The van der Waals surface area contributed by atoms with E-state index in [1.165, 1.54) is 42.5 Å². The van der Waals surface area contributed by atoms with Crippen LogP contribution in [0.5, 0.6) is 11.6 Å². The van der Waals surface area contributed by atoms with Crippen molar-refractivity contribution in [3.05, 3.63) is 53.2 Å². The van der Waals surface area contributed by atoms with Crippen molar-refractivity contribution >= 4 is 36.8 Å². The number of imide groups is 1. The Morgan fingerprint density at radius 1 is 1.21 bits per heavy atom. The highest BCUT2D eigenvalue weighted by molar-refractivity contribution is 6.47. The summed E-state index contributed by atoms with van der Waals surface area (Å²) in [6.07, 6.45) is 1.34. The van der Waals surface area contributed by atoms with Crippen LogP contribution >= 0.6 is 0 Å². The molecule has 1 saturated heterocycles. The molecule has 2 atom stereocenters. The standard InChI is InChI=1S/C24H26BN5O9/c1-3-29-9-10-30(22(33)21(29)32)24(36)28-18(14-7-8-17(38-2)26-12-14)20(31)27-16-11-13-5-4-6-15(23(34)35)19(13)39-25(16)37/h4-8,12,16,18,37H,3,9-11H2,1-2H3,(H,27,31)(H,28,36)(H,34,35)/t16-,18?/m0/s1. The Balaban J connectivity index is 1.56. The van der Waals surface area contributed by atoms with Crippen LogP contribution < -0.4 is 20.0 Å². The van der Waals surface area contributed by atoms with Crippen LogP contribution in [0.15, 0.2) is 36.5 Å². The molecule has 1 aromatic carbocycles. The summed E-state index contributed by atoms with van der Waals surface area (Å²) in [6.45, 7) is 2.11.